The van der Waals surface area contributed by atoms with Gasteiger partial charge in [-0.05, 0) is 38.7 Å². The number of aliphatic hydroxyl groups is 1. The lowest BCUT2D eigenvalue weighted by Gasteiger charge is -2.36. The summed E-state index contributed by atoms with van der Waals surface area (Å²) in [6.07, 6.45) is 2.89. The van der Waals surface area contributed by atoms with E-state index in [1.807, 2.05) is 6.92 Å². The number of guanidine groups is 1. The average Bonchev–Trinajstić information content (AvgIpc) is 2.41. The molecule has 0 heterocycles. The number of benzene rings is 1. The Morgan fingerprint density at radius 2 is 1.90 bits per heavy atom. The van der Waals surface area contributed by atoms with Crippen LogP contribution in [0.25, 0.3) is 0 Å². The molecule has 1 saturated carbocycles. The van der Waals surface area contributed by atoms with Gasteiger partial charge in [0.15, 0.2) is 5.96 Å². The average molecular weight is 403 g/mol. The highest BCUT2D eigenvalue weighted by Crippen LogP contribution is 2.30. The summed E-state index contributed by atoms with van der Waals surface area (Å²) in [5, 5.41) is 16.5. The first kappa shape index (κ1) is 18.2. The molecule has 0 bridgehead atoms. The van der Waals surface area contributed by atoms with Crippen molar-refractivity contribution >= 4 is 29.9 Å². The zero-order valence-electron chi connectivity index (χ0n) is 12.9. The Hall–Kier alpha value is -0.820. The SMILES string of the molecule is CCNC(=NCc1ccc(C)cc1)NCC1(O)CCC1.I. The highest BCUT2D eigenvalue weighted by atomic mass is 127. The van der Waals surface area contributed by atoms with E-state index in [2.05, 4.69) is 46.8 Å². The molecule has 2 rings (SSSR count). The van der Waals surface area contributed by atoms with Gasteiger partial charge in [0.2, 0.25) is 0 Å². The van der Waals surface area contributed by atoms with Crippen molar-refractivity contribution in [3.8, 4) is 0 Å². The van der Waals surface area contributed by atoms with E-state index in [4.69, 9.17) is 0 Å². The second-order valence-corrected chi connectivity index (χ2v) is 5.61. The third-order valence-corrected chi connectivity index (χ3v) is 3.75. The third kappa shape index (κ3) is 5.82. The summed E-state index contributed by atoms with van der Waals surface area (Å²) in [4.78, 5) is 4.56. The predicted molar refractivity (Wildman–Crippen MR) is 98.2 cm³/mol. The lowest BCUT2D eigenvalue weighted by Crippen LogP contribution is -2.50. The van der Waals surface area contributed by atoms with Crippen LogP contribution in [-0.4, -0.2) is 29.8 Å². The number of nitrogens with zero attached hydrogens (tertiary/aromatic N) is 1. The Bertz CT molecular complexity index is 455. The molecule has 1 aromatic rings. The standard InChI is InChI=1S/C16H25N3O.HI/c1-3-17-15(19-12-16(20)9-4-10-16)18-11-14-7-5-13(2)6-8-14;/h5-8,20H,3-4,9-12H2,1-2H3,(H2,17,18,19);1H. The second kappa shape index (κ2) is 8.58. The molecular formula is C16H26IN3O. The van der Waals surface area contributed by atoms with Crippen molar-refractivity contribution in [3.63, 3.8) is 0 Å². The Morgan fingerprint density at radius 1 is 1.24 bits per heavy atom. The number of aliphatic imine (C=N–C) groups is 1. The van der Waals surface area contributed by atoms with E-state index in [-0.39, 0.29) is 24.0 Å². The minimum Gasteiger partial charge on any atom is -0.388 e. The largest absolute Gasteiger partial charge is 0.388 e. The molecule has 0 radical (unpaired) electrons. The maximum atomic E-state index is 10.1. The number of aryl methyl sites for hydroxylation is 1. The van der Waals surface area contributed by atoms with Crippen molar-refractivity contribution in [3.05, 3.63) is 35.4 Å². The molecule has 0 aliphatic heterocycles. The Kier molecular flexibility index (Phi) is 7.45. The van der Waals surface area contributed by atoms with Crippen molar-refractivity contribution in [1.29, 1.82) is 0 Å². The van der Waals surface area contributed by atoms with Crippen LogP contribution in [0.4, 0.5) is 0 Å². The summed E-state index contributed by atoms with van der Waals surface area (Å²) in [5.41, 5.74) is 1.92. The molecule has 0 spiro atoms. The first-order valence-corrected chi connectivity index (χ1v) is 7.41. The molecule has 0 aromatic heterocycles. The molecule has 0 atom stereocenters. The molecule has 0 saturated heterocycles. The highest BCUT2D eigenvalue weighted by Gasteiger charge is 2.34. The van der Waals surface area contributed by atoms with Gasteiger partial charge in [-0.3, -0.25) is 0 Å². The summed E-state index contributed by atoms with van der Waals surface area (Å²) in [5.74, 6) is 0.772. The van der Waals surface area contributed by atoms with Gasteiger partial charge in [0.05, 0.1) is 12.1 Å². The minimum atomic E-state index is -0.528. The van der Waals surface area contributed by atoms with Crippen LogP contribution < -0.4 is 10.6 Å². The number of nitrogens with one attached hydrogen (secondary N) is 2. The number of hydrogen-bond acceptors (Lipinski definition) is 2. The van der Waals surface area contributed by atoms with Crippen molar-refractivity contribution in [1.82, 2.24) is 10.6 Å². The van der Waals surface area contributed by atoms with Crippen LogP contribution in [0.5, 0.6) is 0 Å². The normalized spacial score (nSPS) is 16.6. The van der Waals surface area contributed by atoms with Crippen LogP contribution >= 0.6 is 24.0 Å². The first-order chi connectivity index (χ1) is 9.61. The van der Waals surface area contributed by atoms with Crippen LogP contribution in [-0.2, 0) is 6.54 Å². The van der Waals surface area contributed by atoms with Crippen molar-refractivity contribution in [2.24, 2.45) is 4.99 Å². The van der Waals surface area contributed by atoms with Gasteiger partial charge in [0.1, 0.15) is 0 Å². The van der Waals surface area contributed by atoms with Gasteiger partial charge < -0.3 is 15.7 Å². The minimum absolute atomic E-state index is 0. The fraction of sp³-hybridized carbons (Fsp3) is 0.562. The van der Waals surface area contributed by atoms with E-state index >= 15 is 0 Å². The maximum absolute atomic E-state index is 10.1. The van der Waals surface area contributed by atoms with E-state index < -0.39 is 5.60 Å². The van der Waals surface area contributed by atoms with E-state index in [0.717, 1.165) is 31.8 Å². The van der Waals surface area contributed by atoms with Crippen LogP contribution in [0.1, 0.15) is 37.3 Å². The zero-order valence-corrected chi connectivity index (χ0v) is 15.2. The highest BCUT2D eigenvalue weighted by molar-refractivity contribution is 14.0. The summed E-state index contributed by atoms with van der Waals surface area (Å²) in [6.45, 7) is 6.16. The maximum Gasteiger partial charge on any atom is 0.191 e. The number of hydrogen-bond donors (Lipinski definition) is 3. The lowest BCUT2D eigenvalue weighted by atomic mass is 9.80. The Labute approximate surface area is 144 Å². The molecule has 21 heavy (non-hydrogen) atoms. The predicted octanol–water partition coefficient (Wildman–Crippen LogP) is 2.58. The van der Waals surface area contributed by atoms with Crippen LogP contribution in [0, 0.1) is 6.92 Å². The molecule has 1 fully saturated rings. The van der Waals surface area contributed by atoms with Crippen molar-refractivity contribution < 1.29 is 5.11 Å². The van der Waals surface area contributed by atoms with Crippen molar-refractivity contribution in [2.45, 2.75) is 45.3 Å². The monoisotopic (exact) mass is 403 g/mol. The Morgan fingerprint density at radius 3 is 2.43 bits per heavy atom. The van der Waals surface area contributed by atoms with Gasteiger partial charge in [0.25, 0.3) is 0 Å². The molecule has 1 aromatic carbocycles. The van der Waals surface area contributed by atoms with Gasteiger partial charge in [-0.15, -0.1) is 24.0 Å². The van der Waals surface area contributed by atoms with Crippen LogP contribution in [0.15, 0.2) is 29.3 Å². The van der Waals surface area contributed by atoms with Crippen LogP contribution in [0.2, 0.25) is 0 Å². The molecule has 0 amide bonds. The van der Waals surface area contributed by atoms with Gasteiger partial charge >= 0.3 is 0 Å². The van der Waals surface area contributed by atoms with Gasteiger partial charge in [-0.1, -0.05) is 29.8 Å². The lowest BCUT2D eigenvalue weighted by molar-refractivity contribution is -0.0279. The zero-order chi connectivity index (χ0) is 14.4. The van der Waals surface area contributed by atoms with E-state index in [1.165, 1.54) is 11.1 Å². The van der Waals surface area contributed by atoms with Crippen molar-refractivity contribution in [2.75, 3.05) is 13.1 Å². The molecular weight excluding hydrogens is 377 g/mol. The van der Waals surface area contributed by atoms with E-state index in [1.54, 1.807) is 0 Å². The second-order valence-electron chi connectivity index (χ2n) is 5.61. The molecule has 118 valence electrons. The summed E-state index contributed by atoms with van der Waals surface area (Å²) >= 11 is 0. The molecule has 1 aliphatic rings. The molecule has 0 unspecified atom stereocenters. The molecule has 4 nitrogen and oxygen atoms in total. The summed E-state index contributed by atoms with van der Waals surface area (Å²) in [6, 6.07) is 8.40. The topological polar surface area (TPSA) is 56.7 Å². The van der Waals surface area contributed by atoms with E-state index in [9.17, 15) is 5.11 Å². The van der Waals surface area contributed by atoms with Crippen LogP contribution in [0.3, 0.4) is 0 Å². The number of halogens is 1. The molecule has 1 aliphatic carbocycles. The summed E-state index contributed by atoms with van der Waals surface area (Å²) in [7, 11) is 0. The Balaban J connectivity index is 0.00000220. The van der Waals surface area contributed by atoms with E-state index in [0.29, 0.717) is 13.1 Å². The third-order valence-electron chi connectivity index (χ3n) is 3.75. The first-order valence-electron chi connectivity index (χ1n) is 7.41. The van der Waals surface area contributed by atoms with Gasteiger partial charge in [-0.25, -0.2) is 4.99 Å². The molecule has 5 heteroatoms. The fourth-order valence-electron chi connectivity index (χ4n) is 2.22. The fourth-order valence-corrected chi connectivity index (χ4v) is 2.22. The quantitative estimate of drug-likeness (QED) is 0.403. The molecule has 3 N–H and O–H groups in total. The van der Waals surface area contributed by atoms with Gasteiger partial charge in [0, 0.05) is 13.1 Å². The smallest absolute Gasteiger partial charge is 0.191 e. The van der Waals surface area contributed by atoms with Gasteiger partial charge in [-0.2, -0.15) is 0 Å². The number of rotatable bonds is 5. The summed E-state index contributed by atoms with van der Waals surface area (Å²) < 4.78 is 0.